The van der Waals surface area contributed by atoms with E-state index in [1.165, 1.54) is 12.8 Å². The van der Waals surface area contributed by atoms with Crippen LogP contribution in [0.2, 0.25) is 0 Å². The number of aliphatic hydroxyl groups excluding tert-OH is 1. The molecule has 7 nitrogen and oxygen atoms in total. The van der Waals surface area contributed by atoms with Gasteiger partial charge in [0, 0.05) is 32.8 Å². The van der Waals surface area contributed by atoms with Crippen molar-refractivity contribution in [1.29, 1.82) is 0 Å². The first-order chi connectivity index (χ1) is 14.0. The Hall–Kier alpha value is -1.10. The topological polar surface area (TPSA) is 78.4 Å². The lowest BCUT2D eigenvalue weighted by Crippen LogP contribution is -2.45. The maximum absolute atomic E-state index is 10.5. The summed E-state index contributed by atoms with van der Waals surface area (Å²) in [5.41, 5.74) is 0.835. The molecule has 0 saturated carbocycles. The number of benzene rings is 1. The third kappa shape index (κ3) is 9.36. The van der Waals surface area contributed by atoms with Gasteiger partial charge >= 0.3 is 0 Å². The van der Waals surface area contributed by atoms with Crippen molar-refractivity contribution in [1.82, 2.24) is 15.5 Å². The molecule has 1 aliphatic heterocycles. The van der Waals surface area contributed by atoms with Crippen molar-refractivity contribution < 1.29 is 14.6 Å². The maximum atomic E-state index is 10.5. The molecule has 1 heterocycles. The molecule has 0 bridgehead atoms. The lowest BCUT2D eigenvalue weighted by Gasteiger charge is -2.25. The highest BCUT2D eigenvalue weighted by atomic mass is 127. The number of likely N-dealkylation sites (tertiary alicyclic amines) is 1. The largest absolute Gasteiger partial charge is 0.491 e. The molecular weight excluding hydrogens is 495 g/mol. The van der Waals surface area contributed by atoms with Gasteiger partial charge in [0.05, 0.1) is 25.4 Å². The third-order valence-corrected chi connectivity index (χ3v) is 4.99. The summed E-state index contributed by atoms with van der Waals surface area (Å²) in [5.74, 6) is 1.55. The van der Waals surface area contributed by atoms with Crippen LogP contribution in [0.4, 0.5) is 0 Å². The zero-order valence-electron chi connectivity index (χ0n) is 18.8. The molecule has 1 fully saturated rings. The first kappa shape index (κ1) is 26.9. The number of nitrogens with zero attached hydrogens (tertiary/aromatic N) is 2. The second-order valence-corrected chi connectivity index (χ2v) is 7.68. The van der Waals surface area contributed by atoms with E-state index < -0.39 is 6.10 Å². The highest BCUT2D eigenvalue weighted by molar-refractivity contribution is 14.0. The van der Waals surface area contributed by atoms with Gasteiger partial charge < -0.3 is 25.2 Å². The van der Waals surface area contributed by atoms with Crippen LogP contribution in [0.15, 0.2) is 29.3 Å². The molecule has 3 N–H and O–H groups in total. The molecule has 8 heteroatoms. The van der Waals surface area contributed by atoms with Crippen LogP contribution in [0.5, 0.6) is 5.75 Å². The Morgan fingerprint density at radius 3 is 2.63 bits per heavy atom. The van der Waals surface area contributed by atoms with Gasteiger partial charge in [0.15, 0.2) is 5.96 Å². The number of hydrogen-bond donors (Lipinski definition) is 3. The van der Waals surface area contributed by atoms with Gasteiger partial charge in [-0.15, -0.1) is 24.0 Å². The van der Waals surface area contributed by atoms with Gasteiger partial charge in [-0.05, 0) is 57.9 Å². The Labute approximate surface area is 198 Å². The summed E-state index contributed by atoms with van der Waals surface area (Å²) in [6.45, 7) is 10.8. The fourth-order valence-electron chi connectivity index (χ4n) is 3.51. The Morgan fingerprint density at radius 1 is 1.27 bits per heavy atom. The first-order valence-electron chi connectivity index (χ1n) is 10.7. The summed E-state index contributed by atoms with van der Waals surface area (Å²) < 4.78 is 10.9. The average Bonchev–Trinajstić information content (AvgIpc) is 3.15. The Morgan fingerprint density at radius 2 is 2.00 bits per heavy atom. The molecule has 1 aromatic rings. The number of halogens is 1. The molecule has 0 spiro atoms. The van der Waals surface area contributed by atoms with E-state index in [1.807, 2.05) is 45.0 Å². The molecule has 2 unspecified atom stereocenters. The minimum Gasteiger partial charge on any atom is -0.491 e. The van der Waals surface area contributed by atoms with E-state index in [0.29, 0.717) is 12.6 Å². The van der Waals surface area contributed by atoms with Gasteiger partial charge in [0.2, 0.25) is 0 Å². The van der Waals surface area contributed by atoms with Crippen LogP contribution in [-0.2, 0) is 4.74 Å². The van der Waals surface area contributed by atoms with Gasteiger partial charge in [0.1, 0.15) is 5.75 Å². The monoisotopic (exact) mass is 534 g/mol. The van der Waals surface area contributed by atoms with E-state index in [4.69, 9.17) is 9.47 Å². The smallest absolute Gasteiger partial charge is 0.191 e. The standard InChI is InChI=1S/C22H38N4O3.HI/c1-5-23-22(24-15-19-7-6-12-26(19)13-14-28-4)25-16-21(27)18-8-10-20(11-9-18)29-17(2)3;/h8-11,17,19,21,27H,5-7,12-16H2,1-4H3,(H2,23,24,25);1H. The molecule has 1 aromatic carbocycles. The van der Waals surface area contributed by atoms with Crippen LogP contribution in [0, 0.1) is 0 Å². The van der Waals surface area contributed by atoms with Crippen LogP contribution in [0.1, 0.15) is 45.3 Å². The van der Waals surface area contributed by atoms with E-state index in [1.54, 1.807) is 7.11 Å². The van der Waals surface area contributed by atoms with Gasteiger partial charge in [0.25, 0.3) is 0 Å². The summed E-state index contributed by atoms with van der Waals surface area (Å²) >= 11 is 0. The second-order valence-electron chi connectivity index (χ2n) is 7.68. The lowest BCUT2D eigenvalue weighted by atomic mass is 10.1. The molecule has 2 rings (SSSR count). The third-order valence-electron chi connectivity index (χ3n) is 4.99. The number of methoxy groups -OCH3 is 1. The number of rotatable bonds is 11. The predicted molar refractivity (Wildman–Crippen MR) is 133 cm³/mol. The average molecular weight is 534 g/mol. The molecule has 172 valence electrons. The van der Waals surface area contributed by atoms with Gasteiger partial charge in [-0.25, -0.2) is 0 Å². The van der Waals surface area contributed by atoms with Crippen molar-refractivity contribution >= 4 is 29.9 Å². The number of nitrogens with one attached hydrogen (secondary N) is 2. The number of aliphatic hydroxyl groups is 1. The number of ether oxygens (including phenoxy) is 2. The van der Waals surface area contributed by atoms with Crippen LogP contribution >= 0.6 is 24.0 Å². The van der Waals surface area contributed by atoms with Crippen molar-refractivity contribution in [3.8, 4) is 5.75 Å². The van der Waals surface area contributed by atoms with Crippen molar-refractivity contribution in [3.05, 3.63) is 29.8 Å². The van der Waals surface area contributed by atoms with Crippen LogP contribution in [0.3, 0.4) is 0 Å². The molecule has 1 aliphatic rings. The maximum Gasteiger partial charge on any atom is 0.191 e. The van der Waals surface area contributed by atoms with Gasteiger partial charge in [-0.3, -0.25) is 9.89 Å². The molecule has 0 aliphatic carbocycles. The van der Waals surface area contributed by atoms with Crippen molar-refractivity contribution in [2.24, 2.45) is 4.99 Å². The van der Waals surface area contributed by atoms with E-state index in [-0.39, 0.29) is 30.1 Å². The quantitative estimate of drug-likeness (QED) is 0.230. The van der Waals surface area contributed by atoms with E-state index in [9.17, 15) is 5.11 Å². The summed E-state index contributed by atoms with van der Waals surface area (Å²) in [6, 6.07) is 8.06. The molecule has 2 atom stereocenters. The SMILES string of the molecule is CCNC(=NCC(O)c1ccc(OC(C)C)cc1)NCC1CCCN1CCOC.I. The van der Waals surface area contributed by atoms with Crippen LogP contribution in [-0.4, -0.2) is 74.6 Å². The lowest BCUT2D eigenvalue weighted by molar-refractivity contribution is 0.141. The Bertz CT molecular complexity index is 613. The van der Waals surface area contributed by atoms with E-state index in [0.717, 1.165) is 50.1 Å². The van der Waals surface area contributed by atoms with Gasteiger partial charge in [-0.1, -0.05) is 12.1 Å². The number of aliphatic imine (C=N–C) groups is 1. The minimum atomic E-state index is -0.650. The first-order valence-corrected chi connectivity index (χ1v) is 10.7. The van der Waals surface area contributed by atoms with Crippen molar-refractivity contribution in [2.45, 2.75) is 51.9 Å². The fourth-order valence-corrected chi connectivity index (χ4v) is 3.51. The molecular formula is C22H39IN4O3. The Kier molecular flexibility index (Phi) is 13.3. The molecule has 1 saturated heterocycles. The number of guanidine groups is 1. The zero-order valence-corrected chi connectivity index (χ0v) is 21.1. The van der Waals surface area contributed by atoms with Crippen LogP contribution in [0.25, 0.3) is 0 Å². The molecule has 0 aromatic heterocycles. The Balaban J connectivity index is 0.00000450. The minimum absolute atomic E-state index is 0. The van der Waals surface area contributed by atoms with E-state index >= 15 is 0 Å². The predicted octanol–water partition coefficient (Wildman–Crippen LogP) is 2.79. The van der Waals surface area contributed by atoms with Crippen LogP contribution < -0.4 is 15.4 Å². The zero-order chi connectivity index (χ0) is 21.1. The molecule has 0 radical (unpaired) electrons. The fraction of sp³-hybridized carbons (Fsp3) is 0.682. The van der Waals surface area contributed by atoms with Crippen molar-refractivity contribution in [2.75, 3.05) is 46.4 Å². The number of hydrogen-bond acceptors (Lipinski definition) is 5. The summed E-state index contributed by atoms with van der Waals surface area (Å²) in [4.78, 5) is 7.05. The van der Waals surface area contributed by atoms with Gasteiger partial charge in [-0.2, -0.15) is 0 Å². The molecule has 0 amide bonds. The highest BCUT2D eigenvalue weighted by Gasteiger charge is 2.24. The second kappa shape index (κ2) is 14.8. The van der Waals surface area contributed by atoms with E-state index in [2.05, 4.69) is 20.5 Å². The summed E-state index contributed by atoms with van der Waals surface area (Å²) in [6.07, 6.45) is 1.89. The highest BCUT2D eigenvalue weighted by Crippen LogP contribution is 2.19. The summed E-state index contributed by atoms with van der Waals surface area (Å²) in [7, 11) is 1.75. The molecule has 30 heavy (non-hydrogen) atoms. The van der Waals surface area contributed by atoms with Crippen molar-refractivity contribution in [3.63, 3.8) is 0 Å². The summed E-state index contributed by atoms with van der Waals surface area (Å²) in [5, 5.41) is 17.2. The normalized spacial score (nSPS) is 18.2.